The predicted octanol–water partition coefficient (Wildman–Crippen LogP) is -0.969. The quantitative estimate of drug-likeness (QED) is 0.550. The molecule has 0 aromatic rings. The number of rotatable bonds is 2. The maximum atomic E-state index is 1.55. The van der Waals surface area contributed by atoms with E-state index in [-0.39, 0.29) is 17.0 Å². The van der Waals surface area contributed by atoms with E-state index in [4.69, 9.17) is 0 Å². The van der Waals surface area contributed by atoms with Gasteiger partial charge in [0.1, 0.15) is 0 Å². The van der Waals surface area contributed by atoms with Crippen molar-refractivity contribution in [1.82, 2.24) is 0 Å². The first kappa shape index (κ1) is 9.97. The number of hydrogen-bond donors (Lipinski definition) is 0. The van der Waals surface area contributed by atoms with Crippen molar-refractivity contribution >= 4 is 0 Å². The average molecular weight is 246 g/mol. The van der Waals surface area contributed by atoms with Gasteiger partial charge in [-0.2, -0.15) is 0 Å². The predicted molar refractivity (Wildman–Crippen MR) is 49.8 cm³/mol. The van der Waals surface area contributed by atoms with E-state index in [9.17, 15) is 0 Å². The van der Waals surface area contributed by atoms with Crippen LogP contribution in [0.15, 0.2) is 0 Å². The Morgan fingerprint density at radius 1 is 0.846 bits per heavy atom. The van der Waals surface area contributed by atoms with Crippen LogP contribution in [-0.4, -0.2) is 30.7 Å². The lowest BCUT2D eigenvalue weighted by Gasteiger charge is -2.49. The van der Waals surface area contributed by atoms with Crippen molar-refractivity contribution in [2.75, 3.05) is 26.2 Å². The summed E-state index contributed by atoms with van der Waals surface area (Å²) in [5.41, 5.74) is 0. The molecule has 4 fully saturated rings. The van der Waals surface area contributed by atoms with Crippen LogP contribution in [0.4, 0.5) is 0 Å². The van der Waals surface area contributed by atoms with Crippen LogP contribution in [0.1, 0.15) is 32.1 Å². The van der Waals surface area contributed by atoms with Crippen LogP contribution < -0.4 is 17.0 Å². The fourth-order valence-electron chi connectivity index (χ4n) is 3.26. The molecule has 2 bridgehead atoms. The summed E-state index contributed by atoms with van der Waals surface area (Å²) in [5.74, 6) is 2.27. The molecule has 1 nitrogen and oxygen atoms in total. The Labute approximate surface area is 91.9 Å². The van der Waals surface area contributed by atoms with Crippen molar-refractivity contribution in [3.8, 4) is 0 Å². The van der Waals surface area contributed by atoms with Crippen molar-refractivity contribution in [3.63, 3.8) is 0 Å². The van der Waals surface area contributed by atoms with Gasteiger partial charge in [0, 0.05) is 5.92 Å². The second kappa shape index (κ2) is 3.54. The molecule has 1 saturated carbocycles. The zero-order valence-corrected chi connectivity index (χ0v) is 9.93. The number of fused-ring (bicyclic) bond motifs is 3. The standard InChI is InChI=1S/C11H20N.BrH/c1-2-11(1)9-12-6-3-10(4-7-12)5-8-12;/h10-11H,1-9H2;1H/q+1;/p-1. The van der Waals surface area contributed by atoms with Gasteiger partial charge in [-0.3, -0.25) is 0 Å². The minimum Gasteiger partial charge on any atom is -1.00 e. The molecule has 0 aromatic carbocycles. The SMILES string of the molecule is C1C[N+]2(CC3CC3)CCC1CC2.[Br-]. The molecular formula is C11H20BrN. The van der Waals surface area contributed by atoms with Crippen LogP contribution in [0.3, 0.4) is 0 Å². The molecule has 0 radical (unpaired) electrons. The molecule has 76 valence electrons. The number of piperidine rings is 3. The third-order valence-electron chi connectivity index (χ3n) is 4.38. The van der Waals surface area contributed by atoms with Gasteiger partial charge in [-0.15, -0.1) is 0 Å². The number of nitrogens with zero attached hydrogens (tertiary/aromatic N) is 1. The van der Waals surface area contributed by atoms with Crippen LogP contribution in [0, 0.1) is 11.8 Å². The average Bonchev–Trinajstić information content (AvgIpc) is 2.91. The van der Waals surface area contributed by atoms with Crippen molar-refractivity contribution in [2.24, 2.45) is 11.8 Å². The van der Waals surface area contributed by atoms with Crippen molar-refractivity contribution < 1.29 is 21.5 Å². The molecule has 4 aliphatic rings. The van der Waals surface area contributed by atoms with E-state index in [1.54, 1.807) is 38.6 Å². The fourth-order valence-corrected chi connectivity index (χ4v) is 3.26. The first-order valence-corrected chi connectivity index (χ1v) is 5.71. The molecule has 3 aliphatic heterocycles. The highest BCUT2D eigenvalue weighted by atomic mass is 79.9. The minimum absolute atomic E-state index is 0. The highest BCUT2D eigenvalue weighted by Gasteiger charge is 2.42. The molecule has 0 amide bonds. The van der Waals surface area contributed by atoms with E-state index in [1.807, 2.05) is 0 Å². The van der Waals surface area contributed by atoms with Crippen molar-refractivity contribution in [2.45, 2.75) is 32.1 Å². The maximum Gasteiger partial charge on any atom is 0.0815 e. The molecule has 4 rings (SSSR count). The lowest BCUT2D eigenvalue weighted by Crippen LogP contribution is -3.00. The largest absolute Gasteiger partial charge is 1.00 e. The van der Waals surface area contributed by atoms with Crippen LogP contribution in [0.2, 0.25) is 0 Å². The van der Waals surface area contributed by atoms with Gasteiger partial charge in [-0.25, -0.2) is 0 Å². The lowest BCUT2D eigenvalue weighted by molar-refractivity contribution is -0.944. The van der Waals surface area contributed by atoms with Gasteiger partial charge in [0.05, 0.1) is 26.2 Å². The Morgan fingerprint density at radius 2 is 1.38 bits per heavy atom. The Kier molecular flexibility index (Phi) is 2.72. The topological polar surface area (TPSA) is 0 Å². The number of halogens is 1. The van der Waals surface area contributed by atoms with Gasteiger partial charge in [-0.1, -0.05) is 0 Å². The third-order valence-corrected chi connectivity index (χ3v) is 4.38. The Bertz CT molecular complexity index is 167. The summed E-state index contributed by atoms with van der Waals surface area (Å²) in [5, 5.41) is 0. The fraction of sp³-hybridized carbons (Fsp3) is 1.00. The summed E-state index contributed by atoms with van der Waals surface area (Å²) >= 11 is 0. The summed E-state index contributed by atoms with van der Waals surface area (Å²) < 4.78 is 1.53. The van der Waals surface area contributed by atoms with E-state index in [1.165, 1.54) is 24.1 Å². The molecular weight excluding hydrogens is 226 g/mol. The summed E-state index contributed by atoms with van der Waals surface area (Å²) in [4.78, 5) is 0. The van der Waals surface area contributed by atoms with Crippen LogP contribution in [0.5, 0.6) is 0 Å². The molecule has 0 aromatic heterocycles. The molecule has 0 unspecified atom stereocenters. The number of quaternary nitrogens is 1. The molecule has 0 N–H and O–H groups in total. The molecule has 1 aliphatic carbocycles. The van der Waals surface area contributed by atoms with Crippen molar-refractivity contribution in [3.05, 3.63) is 0 Å². The van der Waals surface area contributed by atoms with Gasteiger partial charge in [0.15, 0.2) is 0 Å². The number of hydrogen-bond acceptors (Lipinski definition) is 0. The molecule has 0 spiro atoms. The highest BCUT2D eigenvalue weighted by molar-refractivity contribution is 4.77. The first-order valence-electron chi connectivity index (χ1n) is 5.71. The second-order valence-electron chi connectivity index (χ2n) is 5.37. The molecule has 3 heterocycles. The zero-order chi connectivity index (χ0) is 8.02. The van der Waals surface area contributed by atoms with E-state index < -0.39 is 0 Å². The van der Waals surface area contributed by atoms with E-state index in [0.717, 1.165) is 11.8 Å². The molecule has 13 heavy (non-hydrogen) atoms. The van der Waals surface area contributed by atoms with E-state index in [0.29, 0.717) is 0 Å². The zero-order valence-electron chi connectivity index (χ0n) is 8.34. The Balaban J connectivity index is 0.000000653. The summed E-state index contributed by atoms with van der Waals surface area (Å²) in [7, 11) is 0. The monoisotopic (exact) mass is 245 g/mol. The summed E-state index contributed by atoms with van der Waals surface area (Å²) in [6, 6.07) is 0. The molecule has 2 heteroatoms. The molecule has 3 saturated heterocycles. The first-order chi connectivity index (χ1) is 5.86. The van der Waals surface area contributed by atoms with Crippen LogP contribution in [-0.2, 0) is 0 Å². The van der Waals surface area contributed by atoms with Gasteiger partial charge in [0.25, 0.3) is 0 Å². The van der Waals surface area contributed by atoms with Crippen LogP contribution in [0.25, 0.3) is 0 Å². The maximum absolute atomic E-state index is 1.55. The van der Waals surface area contributed by atoms with E-state index in [2.05, 4.69) is 0 Å². The third kappa shape index (κ3) is 1.94. The smallest absolute Gasteiger partial charge is 0.0815 e. The molecule has 0 atom stereocenters. The summed E-state index contributed by atoms with van der Waals surface area (Å²) in [6.07, 6.45) is 7.74. The van der Waals surface area contributed by atoms with Gasteiger partial charge in [0.2, 0.25) is 0 Å². The van der Waals surface area contributed by atoms with Gasteiger partial charge >= 0.3 is 0 Å². The normalized spacial score (nSPS) is 42.9. The Hall–Kier alpha value is 0.440. The van der Waals surface area contributed by atoms with Crippen LogP contribution >= 0.6 is 0 Å². The lowest BCUT2D eigenvalue weighted by atomic mass is 9.85. The second-order valence-corrected chi connectivity index (χ2v) is 5.37. The van der Waals surface area contributed by atoms with E-state index >= 15 is 0 Å². The Morgan fingerprint density at radius 3 is 1.85 bits per heavy atom. The minimum atomic E-state index is 0. The van der Waals surface area contributed by atoms with Crippen molar-refractivity contribution in [1.29, 1.82) is 0 Å². The summed E-state index contributed by atoms with van der Waals surface area (Å²) in [6.45, 7) is 6.14. The van der Waals surface area contributed by atoms with Gasteiger partial charge < -0.3 is 21.5 Å². The van der Waals surface area contributed by atoms with Gasteiger partial charge in [-0.05, 0) is 38.0 Å². The highest BCUT2D eigenvalue weighted by Crippen LogP contribution is 2.39.